The first-order chi connectivity index (χ1) is 13.7. The summed E-state index contributed by atoms with van der Waals surface area (Å²) >= 11 is 6.24. The van der Waals surface area contributed by atoms with E-state index < -0.39 is 17.7 Å². The van der Waals surface area contributed by atoms with E-state index in [2.05, 4.69) is 4.98 Å². The van der Waals surface area contributed by atoms with Crippen molar-refractivity contribution in [1.82, 2.24) is 9.55 Å². The second kappa shape index (κ2) is 6.77. The number of halogens is 4. The summed E-state index contributed by atoms with van der Waals surface area (Å²) in [5.41, 5.74) is 1.87. The Morgan fingerprint density at radius 1 is 1.17 bits per heavy atom. The van der Waals surface area contributed by atoms with Gasteiger partial charge in [-0.05, 0) is 42.8 Å². The smallest absolute Gasteiger partial charge is 0.416 e. The van der Waals surface area contributed by atoms with Crippen molar-refractivity contribution in [2.75, 3.05) is 0 Å². The standard InChI is InChI=1S/C21H14ClF3N2O2/c1-11-19(13-7-8-26-20-14(13)3-2-4-16(20)22)15-9-12(21(23,24)25)5-6-17(15)27(11)10-18(28)29/h2-9H,10H2,1H3,(H,28,29). The van der Waals surface area contributed by atoms with Gasteiger partial charge in [-0.2, -0.15) is 13.2 Å². The summed E-state index contributed by atoms with van der Waals surface area (Å²) in [4.78, 5) is 15.6. The first kappa shape index (κ1) is 19.3. The van der Waals surface area contributed by atoms with E-state index in [1.165, 1.54) is 16.8 Å². The Kier molecular flexibility index (Phi) is 4.50. The summed E-state index contributed by atoms with van der Waals surface area (Å²) < 4.78 is 41.5. The molecule has 29 heavy (non-hydrogen) atoms. The minimum absolute atomic E-state index is 0.325. The molecule has 0 amide bonds. The van der Waals surface area contributed by atoms with Crippen molar-refractivity contribution in [3.63, 3.8) is 0 Å². The monoisotopic (exact) mass is 418 g/mol. The van der Waals surface area contributed by atoms with E-state index in [-0.39, 0.29) is 6.54 Å². The molecule has 0 aliphatic carbocycles. The second-order valence-electron chi connectivity index (χ2n) is 6.66. The molecule has 0 aliphatic rings. The fourth-order valence-electron chi connectivity index (χ4n) is 3.70. The zero-order valence-electron chi connectivity index (χ0n) is 15.1. The van der Waals surface area contributed by atoms with Crippen molar-refractivity contribution in [3.8, 4) is 11.1 Å². The third kappa shape index (κ3) is 3.21. The minimum Gasteiger partial charge on any atom is -0.480 e. The van der Waals surface area contributed by atoms with Gasteiger partial charge in [0.1, 0.15) is 6.54 Å². The highest BCUT2D eigenvalue weighted by Gasteiger charge is 2.31. The summed E-state index contributed by atoms with van der Waals surface area (Å²) in [7, 11) is 0. The van der Waals surface area contributed by atoms with Gasteiger partial charge < -0.3 is 9.67 Å². The molecule has 4 rings (SSSR count). The lowest BCUT2D eigenvalue weighted by molar-refractivity contribution is -0.138. The Balaban J connectivity index is 2.12. The molecule has 0 atom stereocenters. The molecule has 0 unspecified atom stereocenters. The number of aliphatic carboxylic acids is 1. The van der Waals surface area contributed by atoms with Gasteiger partial charge in [-0.25, -0.2) is 0 Å². The molecule has 0 saturated carbocycles. The van der Waals surface area contributed by atoms with Gasteiger partial charge in [0.2, 0.25) is 0 Å². The second-order valence-corrected chi connectivity index (χ2v) is 7.07. The maximum absolute atomic E-state index is 13.3. The molecule has 0 fully saturated rings. The van der Waals surface area contributed by atoms with Gasteiger partial charge in [0.15, 0.2) is 0 Å². The molecule has 4 nitrogen and oxygen atoms in total. The van der Waals surface area contributed by atoms with Crippen LogP contribution in [0, 0.1) is 6.92 Å². The van der Waals surface area contributed by atoms with Crippen LogP contribution in [0.1, 0.15) is 11.3 Å². The lowest BCUT2D eigenvalue weighted by Crippen LogP contribution is -2.10. The average molecular weight is 419 g/mol. The van der Waals surface area contributed by atoms with Gasteiger partial charge >= 0.3 is 12.1 Å². The Labute approximate surface area is 168 Å². The number of benzene rings is 2. The highest BCUT2D eigenvalue weighted by atomic mass is 35.5. The SMILES string of the molecule is Cc1c(-c2ccnc3c(Cl)cccc23)c2cc(C(F)(F)F)ccc2n1CC(=O)O. The van der Waals surface area contributed by atoms with E-state index in [0.29, 0.717) is 43.6 Å². The van der Waals surface area contributed by atoms with E-state index in [9.17, 15) is 23.1 Å². The summed E-state index contributed by atoms with van der Waals surface area (Å²) in [6.07, 6.45) is -2.98. The number of carboxylic acid groups (broad SMARTS) is 1. The van der Waals surface area contributed by atoms with Crippen LogP contribution in [0.4, 0.5) is 13.2 Å². The molecule has 4 aromatic rings. The van der Waals surface area contributed by atoms with Crippen LogP contribution in [0.15, 0.2) is 48.7 Å². The van der Waals surface area contributed by atoms with Crippen LogP contribution >= 0.6 is 11.6 Å². The van der Waals surface area contributed by atoms with Crippen molar-refractivity contribution < 1.29 is 23.1 Å². The molecular weight excluding hydrogens is 405 g/mol. The van der Waals surface area contributed by atoms with Crippen LogP contribution in [0.5, 0.6) is 0 Å². The summed E-state index contributed by atoms with van der Waals surface area (Å²) in [6.45, 7) is 1.33. The van der Waals surface area contributed by atoms with Crippen molar-refractivity contribution in [2.45, 2.75) is 19.6 Å². The maximum atomic E-state index is 13.3. The van der Waals surface area contributed by atoms with E-state index in [1.807, 2.05) is 0 Å². The third-order valence-corrected chi connectivity index (χ3v) is 5.24. The lowest BCUT2D eigenvalue weighted by Gasteiger charge is -2.10. The van der Waals surface area contributed by atoms with E-state index in [4.69, 9.17) is 11.6 Å². The molecule has 0 saturated heterocycles. The van der Waals surface area contributed by atoms with Crippen LogP contribution in [0.2, 0.25) is 5.02 Å². The maximum Gasteiger partial charge on any atom is 0.416 e. The van der Waals surface area contributed by atoms with E-state index in [1.54, 1.807) is 31.2 Å². The molecular formula is C21H14ClF3N2O2. The Morgan fingerprint density at radius 3 is 2.62 bits per heavy atom. The molecule has 2 aromatic carbocycles. The highest BCUT2D eigenvalue weighted by molar-refractivity contribution is 6.35. The van der Waals surface area contributed by atoms with Crippen molar-refractivity contribution in [1.29, 1.82) is 0 Å². The number of hydrogen-bond donors (Lipinski definition) is 1. The van der Waals surface area contributed by atoms with Gasteiger partial charge in [0.05, 0.1) is 16.1 Å². The zero-order chi connectivity index (χ0) is 20.9. The minimum atomic E-state index is -4.52. The number of rotatable bonds is 3. The number of pyridine rings is 1. The van der Waals surface area contributed by atoms with Crippen LogP contribution in [0.25, 0.3) is 32.9 Å². The van der Waals surface area contributed by atoms with Crippen LogP contribution in [0.3, 0.4) is 0 Å². The Bertz CT molecular complexity index is 1280. The number of para-hydroxylation sites is 1. The molecule has 2 heterocycles. The van der Waals surface area contributed by atoms with Gasteiger partial charge in [0, 0.05) is 33.7 Å². The lowest BCUT2D eigenvalue weighted by atomic mass is 9.97. The molecule has 0 bridgehead atoms. The first-order valence-corrected chi connectivity index (χ1v) is 9.01. The van der Waals surface area contributed by atoms with Crippen molar-refractivity contribution in [2.24, 2.45) is 0 Å². The predicted molar refractivity (Wildman–Crippen MR) is 105 cm³/mol. The molecule has 1 N–H and O–H groups in total. The molecule has 148 valence electrons. The number of nitrogens with zero attached hydrogens (tertiary/aromatic N) is 2. The van der Waals surface area contributed by atoms with Crippen LogP contribution in [-0.4, -0.2) is 20.6 Å². The zero-order valence-corrected chi connectivity index (χ0v) is 15.8. The fraction of sp³-hybridized carbons (Fsp3) is 0.143. The number of carboxylic acids is 1. The normalized spacial score (nSPS) is 12.0. The summed E-state index contributed by atoms with van der Waals surface area (Å²) in [5, 5.41) is 10.7. The number of fused-ring (bicyclic) bond motifs is 2. The number of alkyl halides is 3. The first-order valence-electron chi connectivity index (χ1n) is 8.64. The molecule has 0 spiro atoms. The number of hydrogen-bond acceptors (Lipinski definition) is 2. The molecule has 0 aliphatic heterocycles. The van der Waals surface area contributed by atoms with E-state index >= 15 is 0 Å². The van der Waals surface area contributed by atoms with Crippen molar-refractivity contribution >= 4 is 39.4 Å². The van der Waals surface area contributed by atoms with Crippen LogP contribution < -0.4 is 0 Å². The van der Waals surface area contributed by atoms with Gasteiger partial charge in [-0.3, -0.25) is 9.78 Å². The van der Waals surface area contributed by atoms with E-state index in [0.717, 1.165) is 12.1 Å². The molecule has 8 heteroatoms. The third-order valence-electron chi connectivity index (χ3n) is 4.94. The molecule has 0 radical (unpaired) electrons. The van der Waals surface area contributed by atoms with Crippen LogP contribution in [-0.2, 0) is 17.5 Å². The number of aromatic nitrogens is 2. The topological polar surface area (TPSA) is 55.1 Å². The Morgan fingerprint density at radius 2 is 1.93 bits per heavy atom. The summed E-state index contributed by atoms with van der Waals surface area (Å²) in [5.74, 6) is -1.08. The predicted octanol–water partition coefficient (Wildman–Crippen LogP) is 5.92. The number of carbonyl (C=O) groups is 1. The average Bonchev–Trinajstić information content (AvgIpc) is 2.92. The largest absolute Gasteiger partial charge is 0.480 e. The fourth-order valence-corrected chi connectivity index (χ4v) is 3.92. The van der Waals surface area contributed by atoms with Crippen molar-refractivity contribution in [3.05, 3.63) is 64.9 Å². The summed E-state index contributed by atoms with van der Waals surface area (Å²) in [6, 6.07) is 10.3. The van der Waals surface area contributed by atoms with Gasteiger partial charge in [-0.1, -0.05) is 23.7 Å². The van der Waals surface area contributed by atoms with Gasteiger partial charge in [0.25, 0.3) is 0 Å². The van der Waals surface area contributed by atoms with Gasteiger partial charge in [-0.15, -0.1) is 0 Å². The highest BCUT2D eigenvalue weighted by Crippen LogP contribution is 2.41. The molecule has 2 aromatic heterocycles. The Hall–Kier alpha value is -3.06. The quantitative estimate of drug-likeness (QED) is 0.449.